The number of carbonyl (C=O) groups is 1. The number of benzene rings is 2. The Bertz CT molecular complexity index is 1020. The Labute approximate surface area is 201 Å². The molecule has 4 atom stereocenters. The number of fused-ring (bicyclic) bond motifs is 3. The SMILES string of the molecule is COc1ccc2c(c1)N1CCN(Cc3ccc(F)cc3)CC1C(C(=O)N1CC(C)OC(C)C1)C2. The van der Waals surface area contributed by atoms with Crippen LogP contribution in [0.15, 0.2) is 42.5 Å². The fourth-order valence-electron chi connectivity index (χ4n) is 5.83. The molecule has 1 amide bonds. The lowest BCUT2D eigenvalue weighted by Crippen LogP contribution is -2.62. The van der Waals surface area contributed by atoms with E-state index < -0.39 is 0 Å². The minimum absolute atomic E-state index is 0.0465. The number of anilines is 1. The van der Waals surface area contributed by atoms with E-state index in [0.717, 1.165) is 43.9 Å². The van der Waals surface area contributed by atoms with E-state index >= 15 is 0 Å². The molecule has 182 valence electrons. The Morgan fingerprint density at radius 3 is 2.50 bits per heavy atom. The van der Waals surface area contributed by atoms with Crippen LogP contribution in [0.4, 0.5) is 10.1 Å². The molecule has 3 heterocycles. The van der Waals surface area contributed by atoms with Gasteiger partial charge in [-0.1, -0.05) is 18.2 Å². The number of hydrogen-bond donors (Lipinski definition) is 0. The van der Waals surface area contributed by atoms with Crippen LogP contribution in [0.3, 0.4) is 0 Å². The Hall–Kier alpha value is -2.64. The van der Waals surface area contributed by atoms with Crippen LogP contribution in [0.2, 0.25) is 0 Å². The average Bonchev–Trinajstić information content (AvgIpc) is 2.83. The number of methoxy groups -OCH3 is 1. The predicted octanol–water partition coefficient (Wildman–Crippen LogP) is 3.33. The van der Waals surface area contributed by atoms with Crippen molar-refractivity contribution in [3.63, 3.8) is 0 Å². The van der Waals surface area contributed by atoms with E-state index in [4.69, 9.17) is 9.47 Å². The van der Waals surface area contributed by atoms with Crippen molar-refractivity contribution in [2.24, 2.45) is 5.92 Å². The molecule has 3 aliphatic heterocycles. The topological polar surface area (TPSA) is 45.2 Å². The average molecular weight is 468 g/mol. The van der Waals surface area contributed by atoms with E-state index in [1.54, 1.807) is 7.11 Å². The highest BCUT2D eigenvalue weighted by atomic mass is 19.1. The number of amides is 1. The first-order chi connectivity index (χ1) is 16.4. The van der Waals surface area contributed by atoms with Crippen molar-refractivity contribution in [2.75, 3.05) is 44.7 Å². The lowest BCUT2D eigenvalue weighted by molar-refractivity contribution is -0.148. The summed E-state index contributed by atoms with van der Waals surface area (Å²) in [6.07, 6.45) is 0.819. The number of rotatable bonds is 4. The molecule has 2 saturated heterocycles. The summed E-state index contributed by atoms with van der Waals surface area (Å²) in [5.74, 6) is 0.731. The number of ether oxygens (including phenoxy) is 2. The normalized spacial score (nSPS) is 27.2. The largest absolute Gasteiger partial charge is 0.497 e. The summed E-state index contributed by atoms with van der Waals surface area (Å²) in [7, 11) is 1.69. The molecule has 4 unspecified atom stereocenters. The number of piperazine rings is 1. The molecular weight excluding hydrogens is 433 g/mol. The highest BCUT2D eigenvalue weighted by molar-refractivity contribution is 5.82. The number of carbonyl (C=O) groups excluding carboxylic acids is 1. The number of nitrogens with zero attached hydrogens (tertiary/aromatic N) is 3. The summed E-state index contributed by atoms with van der Waals surface area (Å²) in [6, 6.07) is 13.0. The maximum Gasteiger partial charge on any atom is 0.228 e. The molecule has 0 spiro atoms. The lowest BCUT2D eigenvalue weighted by Gasteiger charge is -2.50. The van der Waals surface area contributed by atoms with Crippen LogP contribution in [0.25, 0.3) is 0 Å². The molecule has 2 fully saturated rings. The molecule has 3 aliphatic rings. The molecule has 0 saturated carbocycles. The molecule has 7 heteroatoms. The van der Waals surface area contributed by atoms with E-state index in [0.29, 0.717) is 13.1 Å². The Morgan fingerprint density at radius 1 is 1.06 bits per heavy atom. The Morgan fingerprint density at radius 2 is 1.79 bits per heavy atom. The van der Waals surface area contributed by atoms with Crippen LogP contribution in [0.1, 0.15) is 25.0 Å². The summed E-state index contributed by atoms with van der Waals surface area (Å²) in [5.41, 5.74) is 3.47. The number of hydrogen-bond acceptors (Lipinski definition) is 5. The van der Waals surface area contributed by atoms with Crippen molar-refractivity contribution in [3.8, 4) is 5.75 Å². The first-order valence-electron chi connectivity index (χ1n) is 12.3. The van der Waals surface area contributed by atoms with Gasteiger partial charge in [-0.2, -0.15) is 0 Å². The van der Waals surface area contributed by atoms with Crippen molar-refractivity contribution in [2.45, 2.75) is 45.1 Å². The summed E-state index contributed by atoms with van der Waals surface area (Å²) in [5, 5.41) is 0. The van der Waals surface area contributed by atoms with Crippen molar-refractivity contribution in [1.29, 1.82) is 0 Å². The first kappa shape index (κ1) is 23.1. The summed E-state index contributed by atoms with van der Waals surface area (Å²) in [6.45, 7) is 8.62. The molecule has 0 radical (unpaired) electrons. The van der Waals surface area contributed by atoms with E-state index in [1.807, 2.05) is 36.9 Å². The number of morpholine rings is 1. The quantitative estimate of drug-likeness (QED) is 0.690. The van der Waals surface area contributed by atoms with Crippen LogP contribution >= 0.6 is 0 Å². The fraction of sp³-hybridized carbons (Fsp3) is 0.519. The van der Waals surface area contributed by atoms with Gasteiger partial charge in [-0.25, -0.2) is 4.39 Å². The van der Waals surface area contributed by atoms with Gasteiger partial charge < -0.3 is 19.3 Å². The third kappa shape index (κ3) is 4.64. The highest BCUT2D eigenvalue weighted by Crippen LogP contribution is 2.39. The van der Waals surface area contributed by atoms with E-state index in [9.17, 15) is 9.18 Å². The minimum Gasteiger partial charge on any atom is -0.497 e. The fourth-order valence-corrected chi connectivity index (χ4v) is 5.83. The van der Waals surface area contributed by atoms with E-state index in [-0.39, 0.29) is 35.9 Å². The molecule has 0 N–H and O–H groups in total. The first-order valence-corrected chi connectivity index (χ1v) is 12.3. The van der Waals surface area contributed by atoms with Crippen molar-refractivity contribution in [1.82, 2.24) is 9.80 Å². The third-order valence-corrected chi connectivity index (χ3v) is 7.38. The summed E-state index contributed by atoms with van der Waals surface area (Å²) in [4.78, 5) is 20.7. The maximum atomic E-state index is 13.9. The molecule has 0 bridgehead atoms. The summed E-state index contributed by atoms with van der Waals surface area (Å²) < 4.78 is 24.8. The Balaban J connectivity index is 1.42. The van der Waals surface area contributed by atoms with Gasteiger partial charge >= 0.3 is 0 Å². The van der Waals surface area contributed by atoms with Gasteiger partial charge in [0.15, 0.2) is 0 Å². The highest BCUT2D eigenvalue weighted by Gasteiger charge is 2.44. The zero-order valence-electron chi connectivity index (χ0n) is 20.2. The van der Waals surface area contributed by atoms with Crippen LogP contribution in [-0.4, -0.2) is 73.8 Å². The van der Waals surface area contributed by atoms with Gasteiger partial charge in [0.25, 0.3) is 0 Å². The van der Waals surface area contributed by atoms with E-state index in [1.165, 1.54) is 23.4 Å². The molecule has 6 nitrogen and oxygen atoms in total. The molecule has 5 rings (SSSR count). The van der Waals surface area contributed by atoms with Crippen molar-refractivity contribution >= 4 is 11.6 Å². The second-order valence-electron chi connectivity index (χ2n) is 9.93. The van der Waals surface area contributed by atoms with Gasteiger partial charge in [0.2, 0.25) is 5.91 Å². The monoisotopic (exact) mass is 467 g/mol. The van der Waals surface area contributed by atoms with Crippen LogP contribution < -0.4 is 9.64 Å². The molecular formula is C27H34FN3O3. The van der Waals surface area contributed by atoms with Gasteiger partial charge in [-0.3, -0.25) is 9.69 Å². The van der Waals surface area contributed by atoms with Crippen LogP contribution in [0, 0.1) is 11.7 Å². The molecule has 2 aromatic carbocycles. The van der Waals surface area contributed by atoms with Crippen LogP contribution in [-0.2, 0) is 22.5 Å². The van der Waals surface area contributed by atoms with Crippen molar-refractivity contribution < 1.29 is 18.7 Å². The maximum absolute atomic E-state index is 13.9. The van der Waals surface area contributed by atoms with Gasteiger partial charge in [0.1, 0.15) is 11.6 Å². The number of halogens is 1. The second-order valence-corrected chi connectivity index (χ2v) is 9.93. The Kier molecular flexibility index (Phi) is 6.49. The smallest absolute Gasteiger partial charge is 0.228 e. The van der Waals surface area contributed by atoms with Gasteiger partial charge in [-0.15, -0.1) is 0 Å². The van der Waals surface area contributed by atoms with Gasteiger partial charge in [0.05, 0.1) is 31.3 Å². The molecule has 2 aromatic rings. The second kappa shape index (κ2) is 9.55. The van der Waals surface area contributed by atoms with Crippen molar-refractivity contribution in [3.05, 3.63) is 59.4 Å². The standard InChI is InChI=1S/C27H34FN3O3/c1-18-14-30(15-19(2)34-18)27(32)24-12-21-6-9-23(33-3)13-25(21)31-11-10-29(17-26(24)31)16-20-4-7-22(28)8-5-20/h4-9,13,18-19,24,26H,10-12,14-17H2,1-3H3. The minimum atomic E-state index is -0.217. The molecule has 34 heavy (non-hydrogen) atoms. The zero-order valence-corrected chi connectivity index (χ0v) is 20.2. The third-order valence-electron chi connectivity index (χ3n) is 7.38. The van der Waals surface area contributed by atoms with Crippen LogP contribution in [0.5, 0.6) is 5.75 Å². The molecule has 0 aliphatic carbocycles. The predicted molar refractivity (Wildman–Crippen MR) is 130 cm³/mol. The lowest BCUT2D eigenvalue weighted by atomic mass is 9.82. The van der Waals surface area contributed by atoms with Gasteiger partial charge in [-0.05, 0) is 49.6 Å². The summed E-state index contributed by atoms with van der Waals surface area (Å²) >= 11 is 0. The molecule has 0 aromatic heterocycles. The zero-order chi connectivity index (χ0) is 23.8. The van der Waals surface area contributed by atoms with Gasteiger partial charge in [0, 0.05) is 51.0 Å². The van der Waals surface area contributed by atoms with E-state index in [2.05, 4.69) is 21.9 Å².